The quantitative estimate of drug-likeness (QED) is 0.0338. The van der Waals surface area contributed by atoms with E-state index in [2.05, 4.69) is 50.1 Å². The lowest BCUT2D eigenvalue weighted by Gasteiger charge is -2.25. The minimum atomic E-state index is -1.35. The monoisotopic (exact) mass is 764 g/mol. The van der Waals surface area contributed by atoms with E-state index in [-0.39, 0.29) is 67.4 Å². The smallest absolute Gasteiger partial charge is 0.407 e. The van der Waals surface area contributed by atoms with Crippen LogP contribution < -0.4 is 10.6 Å². The fourth-order valence-electron chi connectivity index (χ4n) is 3.38. The van der Waals surface area contributed by atoms with Crippen LogP contribution in [0.1, 0.15) is 48.0 Å². The van der Waals surface area contributed by atoms with Crippen LogP contribution in [0.2, 0.25) is 0 Å². The number of allylic oxidation sites excluding steroid dienone is 1. The number of carbonyl (C=O) groups is 7. The van der Waals surface area contributed by atoms with Crippen molar-refractivity contribution < 1.29 is 71.5 Å². The van der Waals surface area contributed by atoms with Gasteiger partial charge in [-0.2, -0.15) is 0 Å². The number of carbonyl (C=O) groups excluding carboxylic acids is 7. The van der Waals surface area contributed by atoms with E-state index in [0.29, 0.717) is 5.57 Å². The van der Waals surface area contributed by atoms with Gasteiger partial charge in [0.25, 0.3) is 0 Å². The van der Waals surface area contributed by atoms with Crippen molar-refractivity contribution in [3.8, 4) is 0 Å². The standard InChI is InChI=1S/C37H52N2O15/c1-22(2)27(10)49-18-28(53-35(45)38-13-15-47-30(40)23(3)4)21-52-34(44)37(11,12)17-26(9)33(43)51-20-29(19-50-32(42)25(7)8)54-36(46)39-14-16-48-31(41)24(5)6/h28-29H,1,3,5,7,9-10,13-21H2,2,4,6,8,11-12H3,(H,38,45)(H,39,46). The third kappa shape index (κ3) is 20.8. The van der Waals surface area contributed by atoms with Crippen molar-refractivity contribution in [1.82, 2.24) is 10.6 Å². The number of nitrogens with one attached hydrogen (secondary N) is 2. The van der Waals surface area contributed by atoms with E-state index in [9.17, 15) is 33.6 Å². The fraction of sp³-hybridized carbons (Fsp3) is 0.486. The molecule has 0 spiro atoms. The van der Waals surface area contributed by atoms with E-state index in [1.54, 1.807) is 6.92 Å². The Bertz CT molecular complexity index is 1480. The topological polar surface area (TPSA) is 217 Å². The molecule has 54 heavy (non-hydrogen) atoms. The second kappa shape index (κ2) is 24.4. The summed E-state index contributed by atoms with van der Waals surface area (Å²) in [5.41, 5.74) is -0.560. The van der Waals surface area contributed by atoms with E-state index < -0.39 is 79.5 Å². The number of alkyl carbamates (subject to hydrolysis) is 2. The summed E-state index contributed by atoms with van der Waals surface area (Å²) in [6.07, 6.45) is -4.55. The van der Waals surface area contributed by atoms with E-state index >= 15 is 0 Å². The summed E-state index contributed by atoms with van der Waals surface area (Å²) in [5, 5.41) is 4.73. The highest BCUT2D eigenvalue weighted by Crippen LogP contribution is 2.27. The van der Waals surface area contributed by atoms with Gasteiger partial charge < -0.3 is 48.5 Å². The molecule has 0 aromatic carbocycles. The molecular formula is C37H52N2O15. The summed E-state index contributed by atoms with van der Waals surface area (Å²) in [4.78, 5) is 85.5. The molecule has 0 fully saturated rings. The first-order valence-corrected chi connectivity index (χ1v) is 16.4. The van der Waals surface area contributed by atoms with Crippen LogP contribution in [0.3, 0.4) is 0 Å². The summed E-state index contributed by atoms with van der Waals surface area (Å²) >= 11 is 0. The molecule has 2 N–H and O–H groups in total. The highest BCUT2D eigenvalue weighted by atomic mass is 16.6. The van der Waals surface area contributed by atoms with Crippen molar-refractivity contribution in [2.75, 3.05) is 52.7 Å². The molecule has 2 atom stereocenters. The molecule has 0 bridgehead atoms. The van der Waals surface area contributed by atoms with Gasteiger partial charge in [0.05, 0.1) is 18.5 Å². The lowest BCUT2D eigenvalue weighted by molar-refractivity contribution is -0.158. The number of rotatable bonds is 25. The summed E-state index contributed by atoms with van der Waals surface area (Å²) in [6.45, 7) is 28.1. The van der Waals surface area contributed by atoms with Crippen LogP contribution in [0.4, 0.5) is 9.59 Å². The van der Waals surface area contributed by atoms with Crippen molar-refractivity contribution >= 4 is 42.0 Å². The van der Waals surface area contributed by atoms with E-state index in [1.165, 1.54) is 34.6 Å². The second-order valence-electron chi connectivity index (χ2n) is 12.5. The molecule has 0 radical (unpaired) electrons. The Hall–Kier alpha value is -5.87. The highest BCUT2D eigenvalue weighted by molar-refractivity contribution is 5.90. The predicted octanol–water partition coefficient (Wildman–Crippen LogP) is 3.70. The average Bonchev–Trinajstić information content (AvgIpc) is 3.09. The molecule has 0 aliphatic heterocycles. The van der Waals surface area contributed by atoms with Gasteiger partial charge in [0.1, 0.15) is 45.4 Å². The van der Waals surface area contributed by atoms with Gasteiger partial charge in [-0.3, -0.25) is 4.79 Å². The summed E-state index contributed by atoms with van der Waals surface area (Å²) in [5.74, 6) is -3.60. The summed E-state index contributed by atoms with van der Waals surface area (Å²) < 4.78 is 41.5. The molecular weight excluding hydrogens is 712 g/mol. The molecule has 0 rings (SSSR count). The Balaban J connectivity index is 5.31. The Labute approximate surface area is 315 Å². The molecule has 0 saturated carbocycles. The first kappa shape index (κ1) is 48.1. The fourth-order valence-corrected chi connectivity index (χ4v) is 3.38. The van der Waals surface area contributed by atoms with Gasteiger partial charge in [0.2, 0.25) is 0 Å². The SMILES string of the molecule is C=C(C)C(=C)OCC(COC(=O)C(C)(C)CC(=C)C(=O)OCC(COC(=O)C(=C)C)OC(=O)NCCOC(=O)C(=C)C)OC(=O)NCCOC(=O)C(=C)C. The van der Waals surface area contributed by atoms with Crippen LogP contribution in [0.15, 0.2) is 73.1 Å². The number of amides is 2. The Kier molecular flexibility index (Phi) is 21.7. The summed E-state index contributed by atoms with van der Waals surface area (Å²) in [6, 6.07) is 0. The number of ether oxygens (including phenoxy) is 8. The van der Waals surface area contributed by atoms with E-state index in [4.69, 9.17) is 37.9 Å². The van der Waals surface area contributed by atoms with Crippen molar-refractivity contribution in [3.63, 3.8) is 0 Å². The predicted molar refractivity (Wildman–Crippen MR) is 193 cm³/mol. The lowest BCUT2D eigenvalue weighted by Crippen LogP contribution is -2.38. The molecule has 2 unspecified atom stereocenters. The molecule has 17 heteroatoms. The number of hydrogen-bond acceptors (Lipinski definition) is 15. The van der Waals surface area contributed by atoms with Gasteiger partial charge in [0.15, 0.2) is 12.2 Å². The van der Waals surface area contributed by atoms with Crippen LogP contribution >= 0.6 is 0 Å². The molecule has 0 aromatic heterocycles. The highest BCUT2D eigenvalue weighted by Gasteiger charge is 2.33. The zero-order valence-corrected chi connectivity index (χ0v) is 31.9. The van der Waals surface area contributed by atoms with Gasteiger partial charge >= 0.3 is 42.0 Å². The average molecular weight is 765 g/mol. The maximum absolute atomic E-state index is 13.1. The molecule has 0 heterocycles. The van der Waals surface area contributed by atoms with Crippen molar-refractivity contribution in [3.05, 3.63) is 73.1 Å². The molecule has 0 saturated heterocycles. The third-order valence-corrected chi connectivity index (χ3v) is 6.42. The maximum Gasteiger partial charge on any atom is 0.407 e. The van der Waals surface area contributed by atoms with Gasteiger partial charge in [-0.1, -0.05) is 39.5 Å². The van der Waals surface area contributed by atoms with Crippen molar-refractivity contribution in [1.29, 1.82) is 0 Å². The lowest BCUT2D eigenvalue weighted by atomic mass is 9.86. The summed E-state index contributed by atoms with van der Waals surface area (Å²) in [7, 11) is 0. The van der Waals surface area contributed by atoms with Gasteiger partial charge in [0, 0.05) is 22.3 Å². The minimum absolute atomic E-state index is 0.0711. The maximum atomic E-state index is 13.1. The largest absolute Gasteiger partial charge is 0.490 e. The van der Waals surface area contributed by atoms with Gasteiger partial charge in [-0.05, 0) is 53.5 Å². The first-order valence-electron chi connectivity index (χ1n) is 16.4. The van der Waals surface area contributed by atoms with E-state index in [1.807, 2.05) is 0 Å². The Morgan fingerprint density at radius 3 is 1.30 bits per heavy atom. The second-order valence-corrected chi connectivity index (χ2v) is 12.5. The molecule has 2 amide bonds. The molecule has 0 aromatic rings. The zero-order valence-electron chi connectivity index (χ0n) is 31.9. The zero-order chi connectivity index (χ0) is 41.6. The van der Waals surface area contributed by atoms with Crippen molar-refractivity contribution in [2.24, 2.45) is 5.41 Å². The Morgan fingerprint density at radius 1 is 0.519 bits per heavy atom. The van der Waals surface area contributed by atoms with Crippen LogP contribution in [0.5, 0.6) is 0 Å². The van der Waals surface area contributed by atoms with Gasteiger partial charge in [-0.15, -0.1) is 0 Å². The van der Waals surface area contributed by atoms with E-state index in [0.717, 1.165) is 0 Å². The molecule has 0 aliphatic rings. The van der Waals surface area contributed by atoms with Crippen LogP contribution in [0, 0.1) is 5.41 Å². The van der Waals surface area contributed by atoms with Crippen molar-refractivity contribution in [2.45, 2.75) is 60.2 Å². The Morgan fingerprint density at radius 2 is 0.889 bits per heavy atom. The molecule has 300 valence electrons. The van der Waals surface area contributed by atoms with Crippen LogP contribution in [-0.2, 0) is 61.9 Å². The van der Waals surface area contributed by atoms with Crippen LogP contribution in [0.25, 0.3) is 0 Å². The third-order valence-electron chi connectivity index (χ3n) is 6.42. The number of esters is 5. The minimum Gasteiger partial charge on any atom is -0.490 e. The first-order chi connectivity index (χ1) is 25.1. The van der Waals surface area contributed by atoms with Gasteiger partial charge in [-0.25, -0.2) is 28.8 Å². The number of hydrogen-bond donors (Lipinski definition) is 2. The molecule has 0 aliphatic carbocycles. The van der Waals surface area contributed by atoms with Crippen LogP contribution in [-0.4, -0.2) is 107 Å². The normalized spacial score (nSPS) is 11.5. The molecule has 17 nitrogen and oxygen atoms in total.